The molecule has 23 heavy (non-hydrogen) atoms. The van der Waals surface area contributed by atoms with Gasteiger partial charge in [-0.05, 0) is 50.7 Å². The van der Waals surface area contributed by atoms with Crippen LogP contribution in [0.15, 0.2) is 30.3 Å². The first-order valence-corrected chi connectivity index (χ1v) is 8.82. The summed E-state index contributed by atoms with van der Waals surface area (Å²) in [5, 5.41) is 0. The molecule has 0 spiro atoms. The monoisotopic (exact) mass is 314 g/mol. The van der Waals surface area contributed by atoms with Gasteiger partial charge in [-0.25, -0.2) is 0 Å². The second-order valence-electron chi connectivity index (χ2n) is 6.75. The maximum absolute atomic E-state index is 12.7. The highest BCUT2D eigenvalue weighted by molar-refractivity contribution is 5.94. The molecule has 1 saturated carbocycles. The number of likely N-dealkylation sites (tertiary alicyclic amines) is 1. The van der Waals surface area contributed by atoms with Crippen LogP contribution in [-0.2, 0) is 4.79 Å². The molecule has 4 nitrogen and oxygen atoms in total. The van der Waals surface area contributed by atoms with Crippen molar-refractivity contribution < 1.29 is 9.59 Å². The van der Waals surface area contributed by atoms with Crippen LogP contribution in [0, 0.1) is 11.8 Å². The topological polar surface area (TPSA) is 40.6 Å². The molecular formula is C19H26N2O2. The SMILES string of the molecule is CCN(CC1CC1)C(=O)C1CCN(C(=O)c2ccccc2)CC1. The van der Waals surface area contributed by atoms with Crippen LogP contribution < -0.4 is 0 Å². The van der Waals surface area contributed by atoms with Gasteiger partial charge in [0.1, 0.15) is 0 Å². The standard InChI is InChI=1S/C19H26N2O2/c1-2-20(14-15-8-9-15)18(22)17-10-12-21(13-11-17)19(23)16-6-4-3-5-7-16/h3-7,15,17H,2,8-14H2,1H3. The van der Waals surface area contributed by atoms with Crippen molar-refractivity contribution >= 4 is 11.8 Å². The van der Waals surface area contributed by atoms with Crippen LogP contribution >= 0.6 is 0 Å². The first-order valence-electron chi connectivity index (χ1n) is 8.82. The molecule has 1 aliphatic heterocycles. The molecule has 1 saturated heterocycles. The number of benzene rings is 1. The van der Waals surface area contributed by atoms with Gasteiger partial charge in [0.2, 0.25) is 5.91 Å². The lowest BCUT2D eigenvalue weighted by molar-refractivity contribution is -0.137. The van der Waals surface area contributed by atoms with E-state index in [1.165, 1.54) is 12.8 Å². The third kappa shape index (κ3) is 3.92. The molecule has 2 aliphatic rings. The Hall–Kier alpha value is -1.84. The zero-order chi connectivity index (χ0) is 16.2. The molecule has 0 unspecified atom stereocenters. The van der Waals surface area contributed by atoms with Crippen molar-refractivity contribution in [1.29, 1.82) is 0 Å². The Morgan fingerprint density at radius 2 is 1.74 bits per heavy atom. The van der Waals surface area contributed by atoms with Crippen molar-refractivity contribution in [3.05, 3.63) is 35.9 Å². The average molecular weight is 314 g/mol. The van der Waals surface area contributed by atoms with Crippen molar-refractivity contribution in [2.24, 2.45) is 11.8 Å². The minimum Gasteiger partial charge on any atom is -0.342 e. The fourth-order valence-electron chi connectivity index (χ4n) is 3.34. The van der Waals surface area contributed by atoms with Crippen LogP contribution in [-0.4, -0.2) is 47.8 Å². The molecule has 2 fully saturated rings. The summed E-state index contributed by atoms with van der Waals surface area (Å²) in [7, 11) is 0. The number of nitrogens with zero attached hydrogens (tertiary/aromatic N) is 2. The first-order chi connectivity index (χ1) is 11.2. The molecular weight excluding hydrogens is 288 g/mol. The maximum atomic E-state index is 12.7. The molecule has 0 aromatic heterocycles. The van der Waals surface area contributed by atoms with E-state index in [0.717, 1.165) is 37.4 Å². The summed E-state index contributed by atoms with van der Waals surface area (Å²) in [6.07, 6.45) is 4.12. The number of rotatable bonds is 5. The molecule has 4 heteroatoms. The van der Waals surface area contributed by atoms with Crippen LogP contribution in [0.3, 0.4) is 0 Å². The van der Waals surface area contributed by atoms with Gasteiger partial charge in [-0.3, -0.25) is 9.59 Å². The number of carbonyl (C=O) groups excluding carboxylic acids is 2. The minimum absolute atomic E-state index is 0.0850. The Labute approximate surface area is 138 Å². The third-order valence-corrected chi connectivity index (χ3v) is 5.02. The van der Waals surface area contributed by atoms with E-state index in [-0.39, 0.29) is 11.8 Å². The van der Waals surface area contributed by atoms with E-state index in [1.807, 2.05) is 40.1 Å². The van der Waals surface area contributed by atoms with Gasteiger partial charge >= 0.3 is 0 Å². The van der Waals surface area contributed by atoms with E-state index < -0.39 is 0 Å². The highest BCUT2D eigenvalue weighted by Crippen LogP contribution is 2.31. The van der Waals surface area contributed by atoms with E-state index in [0.29, 0.717) is 19.0 Å². The number of hydrogen-bond acceptors (Lipinski definition) is 2. The molecule has 1 heterocycles. The van der Waals surface area contributed by atoms with Crippen molar-refractivity contribution in [2.75, 3.05) is 26.2 Å². The predicted molar refractivity (Wildman–Crippen MR) is 90.0 cm³/mol. The number of carbonyl (C=O) groups is 2. The predicted octanol–water partition coefficient (Wildman–Crippen LogP) is 2.80. The Morgan fingerprint density at radius 3 is 2.30 bits per heavy atom. The van der Waals surface area contributed by atoms with E-state index in [9.17, 15) is 9.59 Å². The zero-order valence-electron chi connectivity index (χ0n) is 13.9. The summed E-state index contributed by atoms with van der Waals surface area (Å²) in [5.41, 5.74) is 0.737. The quantitative estimate of drug-likeness (QED) is 0.838. The van der Waals surface area contributed by atoms with E-state index in [4.69, 9.17) is 0 Å². The van der Waals surface area contributed by atoms with Crippen LogP contribution in [0.1, 0.15) is 43.0 Å². The van der Waals surface area contributed by atoms with Crippen LogP contribution in [0.25, 0.3) is 0 Å². The Balaban J connectivity index is 1.53. The normalized spacial score (nSPS) is 18.7. The van der Waals surface area contributed by atoms with E-state index >= 15 is 0 Å². The molecule has 2 amide bonds. The number of piperidine rings is 1. The lowest BCUT2D eigenvalue weighted by Crippen LogP contribution is -2.44. The maximum Gasteiger partial charge on any atom is 0.253 e. The Kier molecular flexibility index (Phi) is 4.99. The van der Waals surface area contributed by atoms with Gasteiger partial charge in [0, 0.05) is 37.7 Å². The molecule has 0 atom stereocenters. The minimum atomic E-state index is 0.0850. The van der Waals surface area contributed by atoms with Gasteiger partial charge < -0.3 is 9.80 Å². The summed E-state index contributed by atoms with van der Waals surface area (Å²) in [6, 6.07) is 9.41. The largest absolute Gasteiger partial charge is 0.342 e. The van der Waals surface area contributed by atoms with Crippen LogP contribution in [0.4, 0.5) is 0 Å². The Morgan fingerprint density at radius 1 is 1.09 bits per heavy atom. The summed E-state index contributed by atoms with van der Waals surface area (Å²) < 4.78 is 0. The second-order valence-corrected chi connectivity index (χ2v) is 6.75. The van der Waals surface area contributed by atoms with Crippen molar-refractivity contribution in [2.45, 2.75) is 32.6 Å². The lowest BCUT2D eigenvalue weighted by atomic mass is 9.94. The molecule has 1 aliphatic carbocycles. The van der Waals surface area contributed by atoms with Crippen molar-refractivity contribution in [3.8, 4) is 0 Å². The fourth-order valence-corrected chi connectivity index (χ4v) is 3.34. The van der Waals surface area contributed by atoms with Gasteiger partial charge in [-0.1, -0.05) is 18.2 Å². The molecule has 0 N–H and O–H groups in total. The summed E-state index contributed by atoms with van der Waals surface area (Å²) in [6.45, 7) is 5.17. The molecule has 1 aromatic rings. The molecule has 124 valence electrons. The molecule has 0 bridgehead atoms. The van der Waals surface area contributed by atoms with E-state index in [2.05, 4.69) is 6.92 Å². The van der Waals surface area contributed by atoms with Crippen molar-refractivity contribution in [3.63, 3.8) is 0 Å². The number of amides is 2. The average Bonchev–Trinajstić information content (AvgIpc) is 3.43. The highest BCUT2D eigenvalue weighted by Gasteiger charge is 2.32. The second kappa shape index (κ2) is 7.16. The summed E-state index contributed by atoms with van der Waals surface area (Å²) >= 11 is 0. The van der Waals surface area contributed by atoms with Gasteiger partial charge in [0.05, 0.1) is 0 Å². The number of hydrogen-bond donors (Lipinski definition) is 0. The molecule has 0 radical (unpaired) electrons. The smallest absolute Gasteiger partial charge is 0.253 e. The van der Waals surface area contributed by atoms with Gasteiger partial charge in [-0.15, -0.1) is 0 Å². The van der Waals surface area contributed by atoms with E-state index in [1.54, 1.807) is 0 Å². The van der Waals surface area contributed by atoms with Gasteiger partial charge in [-0.2, -0.15) is 0 Å². The third-order valence-electron chi connectivity index (χ3n) is 5.02. The zero-order valence-corrected chi connectivity index (χ0v) is 13.9. The first kappa shape index (κ1) is 16.0. The van der Waals surface area contributed by atoms with Gasteiger partial charge in [0.25, 0.3) is 5.91 Å². The lowest BCUT2D eigenvalue weighted by Gasteiger charge is -2.34. The van der Waals surface area contributed by atoms with Crippen LogP contribution in [0.5, 0.6) is 0 Å². The van der Waals surface area contributed by atoms with Crippen LogP contribution in [0.2, 0.25) is 0 Å². The summed E-state index contributed by atoms with van der Waals surface area (Å²) in [4.78, 5) is 29.0. The van der Waals surface area contributed by atoms with Gasteiger partial charge in [0.15, 0.2) is 0 Å². The molecule has 1 aromatic carbocycles. The Bertz CT molecular complexity index is 546. The molecule has 3 rings (SSSR count). The summed E-state index contributed by atoms with van der Waals surface area (Å²) in [5.74, 6) is 1.21. The highest BCUT2D eigenvalue weighted by atomic mass is 16.2. The fraction of sp³-hybridized carbons (Fsp3) is 0.579. The van der Waals surface area contributed by atoms with Crippen molar-refractivity contribution in [1.82, 2.24) is 9.80 Å².